The maximum absolute atomic E-state index is 12.8. The van der Waals surface area contributed by atoms with Gasteiger partial charge in [0.05, 0.1) is 18.6 Å². The molecule has 34 heavy (non-hydrogen) atoms. The van der Waals surface area contributed by atoms with Gasteiger partial charge >= 0.3 is 0 Å². The van der Waals surface area contributed by atoms with E-state index in [2.05, 4.69) is 32.3 Å². The number of aryl methyl sites for hydroxylation is 3. The number of rotatable bonds is 9. The summed E-state index contributed by atoms with van der Waals surface area (Å²) in [6.45, 7) is 5.97. The topological polar surface area (TPSA) is 82.8 Å². The lowest BCUT2D eigenvalue weighted by atomic mass is 10.1. The molecule has 7 nitrogen and oxygen atoms in total. The second kappa shape index (κ2) is 10.8. The summed E-state index contributed by atoms with van der Waals surface area (Å²) in [5.41, 5.74) is 4.62. The molecule has 0 bridgehead atoms. The summed E-state index contributed by atoms with van der Waals surface area (Å²) in [6, 6.07) is 17.3. The molecule has 4 rings (SSSR count). The minimum atomic E-state index is 0.0191. The van der Waals surface area contributed by atoms with Crippen LogP contribution in [0.2, 0.25) is 0 Å². The predicted octanol–water partition coefficient (Wildman–Crippen LogP) is 5.26. The Morgan fingerprint density at radius 3 is 2.24 bits per heavy atom. The Morgan fingerprint density at radius 1 is 0.912 bits per heavy atom. The normalized spacial score (nSPS) is 10.9. The number of hydrogen-bond donors (Lipinski definition) is 0. The van der Waals surface area contributed by atoms with Gasteiger partial charge in [0.15, 0.2) is 16.1 Å². The van der Waals surface area contributed by atoms with Crippen LogP contribution >= 0.6 is 23.5 Å². The molecule has 0 amide bonds. The van der Waals surface area contributed by atoms with Gasteiger partial charge in [-0.25, -0.2) is 9.97 Å². The summed E-state index contributed by atoms with van der Waals surface area (Å²) in [7, 11) is 1.60. The van der Waals surface area contributed by atoms with E-state index in [4.69, 9.17) is 4.74 Å². The van der Waals surface area contributed by atoms with Crippen LogP contribution in [0.4, 0.5) is 0 Å². The van der Waals surface area contributed by atoms with Gasteiger partial charge in [-0.15, -0.1) is 10.2 Å². The maximum Gasteiger partial charge on any atom is 0.196 e. The van der Waals surface area contributed by atoms with Crippen LogP contribution in [0.25, 0.3) is 5.69 Å². The zero-order valence-corrected chi connectivity index (χ0v) is 21.1. The van der Waals surface area contributed by atoms with Crippen molar-refractivity contribution in [2.45, 2.75) is 36.8 Å². The van der Waals surface area contributed by atoms with Crippen LogP contribution in [-0.2, 0) is 5.75 Å². The molecule has 0 atom stereocenters. The van der Waals surface area contributed by atoms with E-state index in [1.165, 1.54) is 29.1 Å². The average Bonchev–Trinajstić information content (AvgIpc) is 3.24. The van der Waals surface area contributed by atoms with E-state index < -0.39 is 0 Å². The Labute approximate surface area is 207 Å². The number of methoxy groups -OCH3 is 1. The van der Waals surface area contributed by atoms with E-state index in [0.717, 1.165) is 28.6 Å². The highest BCUT2D eigenvalue weighted by Crippen LogP contribution is 2.27. The van der Waals surface area contributed by atoms with Crippen LogP contribution in [0.15, 0.2) is 64.9 Å². The van der Waals surface area contributed by atoms with Gasteiger partial charge < -0.3 is 4.74 Å². The molecular formula is C25H25N5O2S2. The molecule has 0 aliphatic carbocycles. The Kier molecular flexibility index (Phi) is 7.64. The number of carbonyl (C=O) groups excluding carboxylic acids is 1. The lowest BCUT2D eigenvalue weighted by Gasteiger charge is -2.10. The van der Waals surface area contributed by atoms with Gasteiger partial charge in [0.1, 0.15) is 11.6 Å². The van der Waals surface area contributed by atoms with Crippen molar-refractivity contribution in [1.82, 2.24) is 24.7 Å². The Bertz CT molecular complexity index is 1270. The van der Waals surface area contributed by atoms with Crippen molar-refractivity contribution in [1.29, 1.82) is 0 Å². The van der Waals surface area contributed by atoms with E-state index in [1.807, 2.05) is 43.5 Å². The molecule has 0 N–H and O–H groups in total. The van der Waals surface area contributed by atoms with E-state index >= 15 is 0 Å². The van der Waals surface area contributed by atoms with Crippen LogP contribution in [0, 0.1) is 20.8 Å². The molecule has 2 aromatic heterocycles. The van der Waals surface area contributed by atoms with Crippen molar-refractivity contribution < 1.29 is 9.53 Å². The van der Waals surface area contributed by atoms with Gasteiger partial charge in [-0.2, -0.15) is 0 Å². The summed E-state index contributed by atoms with van der Waals surface area (Å²) in [5.74, 6) is 2.32. The number of hydrogen-bond acceptors (Lipinski definition) is 8. The third-order valence-electron chi connectivity index (χ3n) is 5.03. The highest BCUT2D eigenvalue weighted by atomic mass is 32.2. The Hall–Kier alpha value is -3.17. The quantitative estimate of drug-likeness (QED) is 0.178. The molecule has 0 unspecified atom stereocenters. The molecular weight excluding hydrogens is 466 g/mol. The van der Waals surface area contributed by atoms with Crippen LogP contribution in [0.5, 0.6) is 5.75 Å². The lowest BCUT2D eigenvalue weighted by molar-refractivity contribution is 0.102. The summed E-state index contributed by atoms with van der Waals surface area (Å²) < 4.78 is 7.17. The summed E-state index contributed by atoms with van der Waals surface area (Å²) in [4.78, 5) is 21.8. The SMILES string of the molecule is COc1ccc(C(=O)CSc2nnc(CSc3nc(C)cc(C)n3)n2-c2ccc(C)cc2)cc1. The van der Waals surface area contributed by atoms with Crippen LogP contribution in [0.3, 0.4) is 0 Å². The summed E-state index contributed by atoms with van der Waals surface area (Å²) in [5, 5.41) is 10.2. The zero-order chi connectivity index (χ0) is 24.1. The first-order valence-electron chi connectivity index (χ1n) is 10.7. The molecule has 9 heteroatoms. The van der Waals surface area contributed by atoms with Crippen molar-refractivity contribution in [3.05, 3.63) is 82.9 Å². The van der Waals surface area contributed by atoms with E-state index in [0.29, 0.717) is 21.6 Å². The molecule has 2 heterocycles. The van der Waals surface area contributed by atoms with Crippen molar-refractivity contribution in [3.8, 4) is 11.4 Å². The van der Waals surface area contributed by atoms with Gasteiger partial charge in [0.25, 0.3) is 0 Å². The van der Waals surface area contributed by atoms with E-state index in [9.17, 15) is 4.79 Å². The predicted molar refractivity (Wildman–Crippen MR) is 135 cm³/mol. The third kappa shape index (κ3) is 5.84. The molecule has 0 radical (unpaired) electrons. The van der Waals surface area contributed by atoms with Gasteiger partial charge in [-0.1, -0.05) is 41.2 Å². The van der Waals surface area contributed by atoms with Crippen molar-refractivity contribution in [2.75, 3.05) is 12.9 Å². The van der Waals surface area contributed by atoms with Crippen LogP contribution in [0.1, 0.15) is 33.1 Å². The van der Waals surface area contributed by atoms with Gasteiger partial charge in [-0.05, 0) is 63.2 Å². The van der Waals surface area contributed by atoms with Crippen molar-refractivity contribution in [3.63, 3.8) is 0 Å². The summed E-state index contributed by atoms with van der Waals surface area (Å²) >= 11 is 2.89. The number of aromatic nitrogens is 5. The van der Waals surface area contributed by atoms with E-state index in [-0.39, 0.29) is 11.5 Å². The molecule has 0 spiro atoms. The highest BCUT2D eigenvalue weighted by Gasteiger charge is 2.17. The molecule has 4 aromatic rings. The van der Waals surface area contributed by atoms with Crippen LogP contribution < -0.4 is 4.74 Å². The van der Waals surface area contributed by atoms with E-state index in [1.54, 1.807) is 31.4 Å². The highest BCUT2D eigenvalue weighted by molar-refractivity contribution is 7.99. The van der Waals surface area contributed by atoms with Gasteiger partial charge in [0.2, 0.25) is 0 Å². The van der Waals surface area contributed by atoms with Crippen molar-refractivity contribution >= 4 is 29.3 Å². The molecule has 2 aromatic carbocycles. The summed E-state index contributed by atoms with van der Waals surface area (Å²) in [6.07, 6.45) is 0. The number of thioether (sulfide) groups is 2. The first-order chi connectivity index (χ1) is 16.4. The minimum absolute atomic E-state index is 0.0191. The smallest absolute Gasteiger partial charge is 0.196 e. The van der Waals surface area contributed by atoms with Crippen molar-refractivity contribution in [2.24, 2.45) is 0 Å². The lowest BCUT2D eigenvalue weighted by Crippen LogP contribution is -2.06. The molecule has 174 valence electrons. The van der Waals surface area contributed by atoms with Gasteiger partial charge in [0, 0.05) is 22.6 Å². The largest absolute Gasteiger partial charge is 0.497 e. The maximum atomic E-state index is 12.8. The second-order valence-corrected chi connectivity index (χ2v) is 9.62. The third-order valence-corrected chi connectivity index (χ3v) is 6.80. The second-order valence-electron chi connectivity index (χ2n) is 7.73. The average molecular weight is 492 g/mol. The number of benzene rings is 2. The molecule has 0 saturated heterocycles. The molecule has 0 fully saturated rings. The fourth-order valence-electron chi connectivity index (χ4n) is 3.32. The van der Waals surface area contributed by atoms with Crippen LogP contribution in [-0.4, -0.2) is 43.4 Å². The Morgan fingerprint density at radius 2 is 1.59 bits per heavy atom. The fourth-order valence-corrected chi connectivity index (χ4v) is 5.05. The van der Waals surface area contributed by atoms with Gasteiger partial charge in [-0.3, -0.25) is 9.36 Å². The first kappa shape index (κ1) is 24.0. The molecule has 0 aliphatic rings. The molecule has 0 saturated carbocycles. The number of carbonyl (C=O) groups is 1. The monoisotopic (exact) mass is 491 g/mol. The number of ketones is 1. The Balaban J connectivity index is 1.55. The fraction of sp³-hybridized carbons (Fsp3) is 0.240. The standard InChI is InChI=1S/C25H25N5O2S2/c1-16-5-9-20(10-6-16)30-23(15-33-24-26-17(2)13-18(3)27-24)28-29-25(30)34-14-22(31)19-7-11-21(32-4)12-8-19/h5-13H,14-15H2,1-4H3. The molecule has 0 aliphatic heterocycles. The number of ether oxygens (including phenoxy) is 1. The first-order valence-corrected chi connectivity index (χ1v) is 12.7. The zero-order valence-electron chi connectivity index (χ0n) is 19.5. The minimum Gasteiger partial charge on any atom is -0.497 e. The number of Topliss-reactive ketones (excluding diaryl/α,β-unsaturated/α-hetero) is 1. The number of nitrogens with zero attached hydrogens (tertiary/aromatic N) is 5.